The number of thiophene rings is 1. The van der Waals surface area contributed by atoms with E-state index < -0.39 is 0 Å². The molecule has 1 N–H and O–H groups in total. The SMILES string of the molecule is Cc1cc(Nc2ncnc3ccsc23)no1. The Morgan fingerprint density at radius 2 is 2.31 bits per heavy atom. The number of nitrogens with one attached hydrogen (secondary N) is 1. The van der Waals surface area contributed by atoms with Crippen molar-refractivity contribution in [2.75, 3.05) is 5.32 Å². The molecule has 0 aliphatic carbocycles. The van der Waals surface area contributed by atoms with E-state index in [4.69, 9.17) is 4.52 Å². The van der Waals surface area contributed by atoms with Crippen molar-refractivity contribution in [2.45, 2.75) is 6.92 Å². The lowest BCUT2D eigenvalue weighted by Crippen LogP contribution is -1.94. The fraction of sp³-hybridized carbons (Fsp3) is 0.100. The molecule has 3 aromatic heterocycles. The van der Waals surface area contributed by atoms with Crippen LogP contribution in [0, 0.1) is 6.92 Å². The van der Waals surface area contributed by atoms with E-state index in [0.29, 0.717) is 5.82 Å². The summed E-state index contributed by atoms with van der Waals surface area (Å²) in [6, 6.07) is 3.78. The number of aromatic nitrogens is 3. The first-order valence-electron chi connectivity index (χ1n) is 4.71. The maximum atomic E-state index is 4.98. The quantitative estimate of drug-likeness (QED) is 0.736. The van der Waals surface area contributed by atoms with Gasteiger partial charge >= 0.3 is 0 Å². The van der Waals surface area contributed by atoms with Crippen molar-refractivity contribution in [3.05, 3.63) is 29.6 Å². The van der Waals surface area contributed by atoms with E-state index in [1.54, 1.807) is 11.3 Å². The second-order valence-electron chi connectivity index (χ2n) is 3.31. The highest BCUT2D eigenvalue weighted by Gasteiger charge is 2.07. The standard InChI is InChI=1S/C10H8N4OS/c1-6-4-8(14-15-6)13-10-9-7(2-3-16-9)11-5-12-10/h2-5H,1H3,(H,11,12,13,14). The van der Waals surface area contributed by atoms with Gasteiger partial charge in [-0.15, -0.1) is 11.3 Å². The molecular weight excluding hydrogens is 224 g/mol. The largest absolute Gasteiger partial charge is 0.360 e. The number of hydrogen-bond acceptors (Lipinski definition) is 6. The van der Waals surface area contributed by atoms with Crippen molar-refractivity contribution in [3.63, 3.8) is 0 Å². The molecule has 0 spiro atoms. The van der Waals surface area contributed by atoms with Gasteiger partial charge < -0.3 is 9.84 Å². The van der Waals surface area contributed by atoms with Gasteiger partial charge in [-0.3, -0.25) is 0 Å². The van der Waals surface area contributed by atoms with Gasteiger partial charge in [0, 0.05) is 6.07 Å². The Labute approximate surface area is 95.1 Å². The molecule has 5 nitrogen and oxygen atoms in total. The molecule has 0 aromatic carbocycles. The molecule has 0 saturated heterocycles. The second kappa shape index (κ2) is 3.57. The highest BCUT2D eigenvalue weighted by atomic mass is 32.1. The van der Waals surface area contributed by atoms with Gasteiger partial charge in [0.1, 0.15) is 12.1 Å². The normalized spacial score (nSPS) is 10.8. The molecule has 16 heavy (non-hydrogen) atoms. The van der Waals surface area contributed by atoms with Gasteiger partial charge in [-0.25, -0.2) is 9.97 Å². The molecule has 0 unspecified atom stereocenters. The number of fused-ring (bicyclic) bond motifs is 1. The van der Waals surface area contributed by atoms with Crippen LogP contribution in [0.1, 0.15) is 5.76 Å². The van der Waals surface area contributed by atoms with Gasteiger partial charge in [0.25, 0.3) is 0 Å². The van der Waals surface area contributed by atoms with Crippen molar-refractivity contribution < 1.29 is 4.52 Å². The number of anilines is 2. The topological polar surface area (TPSA) is 63.8 Å². The summed E-state index contributed by atoms with van der Waals surface area (Å²) in [6.45, 7) is 1.85. The van der Waals surface area contributed by atoms with Crippen LogP contribution >= 0.6 is 11.3 Å². The van der Waals surface area contributed by atoms with E-state index in [0.717, 1.165) is 21.8 Å². The summed E-state index contributed by atoms with van der Waals surface area (Å²) in [7, 11) is 0. The van der Waals surface area contributed by atoms with Crippen LogP contribution in [0.25, 0.3) is 10.2 Å². The molecule has 0 atom stereocenters. The summed E-state index contributed by atoms with van der Waals surface area (Å²) in [5.74, 6) is 2.18. The zero-order valence-electron chi connectivity index (χ0n) is 8.47. The van der Waals surface area contributed by atoms with Gasteiger partial charge in [0.2, 0.25) is 0 Å². The monoisotopic (exact) mass is 232 g/mol. The number of hydrogen-bond donors (Lipinski definition) is 1. The molecule has 0 amide bonds. The molecule has 3 aromatic rings. The van der Waals surface area contributed by atoms with E-state index >= 15 is 0 Å². The van der Waals surface area contributed by atoms with Crippen LogP contribution in [0.15, 0.2) is 28.4 Å². The minimum atomic E-state index is 0.658. The van der Waals surface area contributed by atoms with Crippen molar-refractivity contribution in [1.29, 1.82) is 0 Å². The first-order valence-corrected chi connectivity index (χ1v) is 5.59. The Kier molecular flexibility index (Phi) is 2.07. The Bertz CT molecular complexity index is 630. The van der Waals surface area contributed by atoms with E-state index in [1.165, 1.54) is 6.33 Å². The maximum absolute atomic E-state index is 4.98. The molecule has 0 aliphatic rings. The van der Waals surface area contributed by atoms with Crippen molar-refractivity contribution >= 4 is 33.2 Å². The first-order chi connectivity index (χ1) is 7.83. The predicted octanol–water partition coefficient (Wildman–Crippen LogP) is 2.73. The van der Waals surface area contributed by atoms with Crippen molar-refractivity contribution in [1.82, 2.24) is 15.1 Å². The molecule has 0 fully saturated rings. The maximum Gasteiger partial charge on any atom is 0.175 e. The van der Waals surface area contributed by atoms with Crippen LogP contribution in [0.4, 0.5) is 11.6 Å². The van der Waals surface area contributed by atoms with E-state index in [2.05, 4.69) is 20.4 Å². The smallest absolute Gasteiger partial charge is 0.175 e. The van der Waals surface area contributed by atoms with Crippen molar-refractivity contribution in [3.8, 4) is 0 Å². The zero-order valence-corrected chi connectivity index (χ0v) is 9.28. The molecule has 0 aliphatic heterocycles. The van der Waals surface area contributed by atoms with Gasteiger partial charge in [-0.1, -0.05) is 5.16 Å². The Morgan fingerprint density at radius 1 is 1.38 bits per heavy atom. The van der Waals surface area contributed by atoms with Gasteiger partial charge in [0.05, 0.1) is 10.2 Å². The molecule has 0 bridgehead atoms. The van der Waals surface area contributed by atoms with E-state index in [1.807, 2.05) is 24.4 Å². The highest BCUT2D eigenvalue weighted by molar-refractivity contribution is 7.17. The average molecular weight is 232 g/mol. The number of nitrogens with zero attached hydrogens (tertiary/aromatic N) is 3. The average Bonchev–Trinajstić information content (AvgIpc) is 2.87. The van der Waals surface area contributed by atoms with E-state index in [9.17, 15) is 0 Å². The fourth-order valence-corrected chi connectivity index (χ4v) is 2.21. The summed E-state index contributed by atoms with van der Waals surface area (Å²) in [4.78, 5) is 8.35. The first kappa shape index (κ1) is 9.29. The molecule has 0 radical (unpaired) electrons. The molecular formula is C10H8N4OS. The summed E-state index contributed by atoms with van der Waals surface area (Å²) in [5.41, 5.74) is 0.933. The third kappa shape index (κ3) is 1.53. The summed E-state index contributed by atoms with van der Waals surface area (Å²) >= 11 is 1.59. The van der Waals surface area contributed by atoms with Gasteiger partial charge in [-0.05, 0) is 18.4 Å². The van der Waals surface area contributed by atoms with Crippen LogP contribution < -0.4 is 5.32 Å². The highest BCUT2D eigenvalue weighted by Crippen LogP contribution is 2.26. The molecule has 3 rings (SSSR count). The lowest BCUT2D eigenvalue weighted by Gasteiger charge is -2.00. The third-order valence-electron chi connectivity index (χ3n) is 2.12. The minimum absolute atomic E-state index is 0.658. The lowest BCUT2D eigenvalue weighted by atomic mass is 10.4. The lowest BCUT2D eigenvalue weighted by molar-refractivity contribution is 0.400. The molecule has 3 heterocycles. The zero-order chi connectivity index (χ0) is 11.0. The summed E-state index contributed by atoms with van der Waals surface area (Å²) in [5, 5.41) is 8.95. The molecule has 6 heteroatoms. The molecule has 80 valence electrons. The Morgan fingerprint density at radius 3 is 3.12 bits per heavy atom. The second-order valence-corrected chi connectivity index (χ2v) is 4.22. The van der Waals surface area contributed by atoms with Gasteiger partial charge in [-0.2, -0.15) is 0 Å². The predicted molar refractivity (Wildman–Crippen MR) is 61.9 cm³/mol. The molecule has 0 saturated carbocycles. The van der Waals surface area contributed by atoms with Crippen LogP contribution in [0.3, 0.4) is 0 Å². The van der Waals surface area contributed by atoms with Crippen LogP contribution in [-0.4, -0.2) is 15.1 Å². The fourth-order valence-electron chi connectivity index (χ4n) is 1.42. The number of rotatable bonds is 2. The summed E-state index contributed by atoms with van der Waals surface area (Å²) in [6.07, 6.45) is 1.53. The van der Waals surface area contributed by atoms with Crippen LogP contribution in [0.5, 0.6) is 0 Å². The third-order valence-corrected chi connectivity index (χ3v) is 3.03. The van der Waals surface area contributed by atoms with Crippen molar-refractivity contribution in [2.24, 2.45) is 0 Å². The van der Waals surface area contributed by atoms with Gasteiger partial charge in [0.15, 0.2) is 11.6 Å². The Hall–Kier alpha value is -1.95. The minimum Gasteiger partial charge on any atom is -0.360 e. The number of aryl methyl sites for hydroxylation is 1. The Balaban J connectivity index is 2.03. The van der Waals surface area contributed by atoms with Crippen LogP contribution in [-0.2, 0) is 0 Å². The van der Waals surface area contributed by atoms with E-state index in [-0.39, 0.29) is 0 Å². The summed E-state index contributed by atoms with van der Waals surface area (Å²) < 4.78 is 5.99. The van der Waals surface area contributed by atoms with Crippen LogP contribution in [0.2, 0.25) is 0 Å².